The molecule has 0 aromatic carbocycles. The third kappa shape index (κ3) is 2.69. The summed E-state index contributed by atoms with van der Waals surface area (Å²) in [7, 11) is 0. The Morgan fingerprint density at radius 2 is 2.21 bits per heavy atom. The molecule has 1 saturated heterocycles. The van der Waals surface area contributed by atoms with Crippen LogP contribution >= 0.6 is 0 Å². The number of nitrogens with two attached hydrogens (primary N) is 1. The SMILES string of the molecule is N#CCCNC(=O)C1(N)CCOCC1. The zero-order valence-electron chi connectivity index (χ0n) is 8.08. The Morgan fingerprint density at radius 1 is 1.57 bits per heavy atom. The van der Waals surface area contributed by atoms with Crippen LogP contribution in [0, 0.1) is 11.3 Å². The quantitative estimate of drug-likeness (QED) is 0.598. The number of carbonyl (C=O) groups is 1. The molecule has 0 unspecified atom stereocenters. The van der Waals surface area contributed by atoms with Crippen LogP contribution in [0.1, 0.15) is 19.3 Å². The molecule has 1 heterocycles. The van der Waals surface area contributed by atoms with E-state index in [-0.39, 0.29) is 5.91 Å². The molecule has 0 saturated carbocycles. The maximum absolute atomic E-state index is 11.6. The molecular weight excluding hydrogens is 182 g/mol. The van der Waals surface area contributed by atoms with Crippen molar-refractivity contribution in [3.63, 3.8) is 0 Å². The van der Waals surface area contributed by atoms with E-state index >= 15 is 0 Å². The summed E-state index contributed by atoms with van der Waals surface area (Å²) in [6, 6.07) is 1.96. The lowest BCUT2D eigenvalue weighted by Crippen LogP contribution is -2.57. The van der Waals surface area contributed by atoms with Gasteiger partial charge in [0.15, 0.2) is 0 Å². The van der Waals surface area contributed by atoms with Crippen LogP contribution in [0.15, 0.2) is 0 Å². The van der Waals surface area contributed by atoms with E-state index in [1.807, 2.05) is 6.07 Å². The molecule has 0 aromatic heterocycles. The first-order valence-corrected chi connectivity index (χ1v) is 4.71. The molecule has 3 N–H and O–H groups in total. The first-order valence-electron chi connectivity index (χ1n) is 4.71. The summed E-state index contributed by atoms with van der Waals surface area (Å²) >= 11 is 0. The van der Waals surface area contributed by atoms with Crippen molar-refractivity contribution in [2.45, 2.75) is 24.8 Å². The van der Waals surface area contributed by atoms with Gasteiger partial charge in [-0.25, -0.2) is 0 Å². The molecule has 0 spiro atoms. The highest BCUT2D eigenvalue weighted by atomic mass is 16.5. The lowest BCUT2D eigenvalue weighted by molar-refractivity contribution is -0.129. The zero-order chi connectivity index (χ0) is 10.4. The van der Waals surface area contributed by atoms with Gasteiger partial charge >= 0.3 is 0 Å². The number of nitrogens with one attached hydrogen (secondary N) is 1. The van der Waals surface area contributed by atoms with Crippen LogP contribution in [0.3, 0.4) is 0 Å². The molecule has 0 radical (unpaired) electrons. The standard InChI is InChI=1S/C9H15N3O2/c10-4-1-5-12-8(13)9(11)2-6-14-7-3-9/h1-3,5-7,11H2,(H,12,13). The molecule has 5 nitrogen and oxygen atoms in total. The second kappa shape index (κ2) is 4.94. The molecule has 1 amide bonds. The van der Waals surface area contributed by atoms with E-state index < -0.39 is 5.54 Å². The average Bonchev–Trinajstić information content (AvgIpc) is 2.19. The Bertz CT molecular complexity index is 241. The third-order valence-electron chi connectivity index (χ3n) is 2.36. The minimum absolute atomic E-state index is 0.170. The van der Waals surface area contributed by atoms with Crippen molar-refractivity contribution in [3.05, 3.63) is 0 Å². The summed E-state index contributed by atoms with van der Waals surface area (Å²) in [5.74, 6) is -0.170. The van der Waals surface area contributed by atoms with Gasteiger partial charge in [0.25, 0.3) is 0 Å². The topological polar surface area (TPSA) is 88.1 Å². The van der Waals surface area contributed by atoms with E-state index in [1.54, 1.807) is 0 Å². The molecule has 1 aliphatic rings. The van der Waals surface area contributed by atoms with Crippen LogP contribution in [0.2, 0.25) is 0 Å². The van der Waals surface area contributed by atoms with E-state index in [0.717, 1.165) is 0 Å². The van der Waals surface area contributed by atoms with Gasteiger partial charge in [-0.05, 0) is 12.8 Å². The molecule has 0 aliphatic carbocycles. The third-order valence-corrected chi connectivity index (χ3v) is 2.36. The normalized spacial score (nSPS) is 19.7. The lowest BCUT2D eigenvalue weighted by atomic mass is 9.90. The smallest absolute Gasteiger partial charge is 0.240 e. The first kappa shape index (κ1) is 11.0. The van der Waals surface area contributed by atoms with Gasteiger partial charge in [-0.1, -0.05) is 0 Å². The van der Waals surface area contributed by atoms with Crippen LogP contribution < -0.4 is 11.1 Å². The molecular formula is C9H15N3O2. The van der Waals surface area contributed by atoms with E-state index in [9.17, 15) is 4.79 Å². The minimum atomic E-state index is -0.798. The number of hydrogen-bond acceptors (Lipinski definition) is 4. The molecule has 1 rings (SSSR count). The Kier molecular flexibility index (Phi) is 3.86. The largest absolute Gasteiger partial charge is 0.381 e. The van der Waals surface area contributed by atoms with Crippen molar-refractivity contribution in [1.82, 2.24) is 5.32 Å². The van der Waals surface area contributed by atoms with Crippen molar-refractivity contribution >= 4 is 5.91 Å². The van der Waals surface area contributed by atoms with Gasteiger partial charge in [0.2, 0.25) is 5.91 Å². The van der Waals surface area contributed by atoms with Crippen molar-refractivity contribution < 1.29 is 9.53 Å². The molecule has 5 heteroatoms. The van der Waals surface area contributed by atoms with E-state index in [1.165, 1.54) is 0 Å². The molecule has 1 aliphatic heterocycles. The Labute approximate surface area is 83.2 Å². The second-order valence-electron chi connectivity index (χ2n) is 3.43. The fourth-order valence-electron chi connectivity index (χ4n) is 1.37. The monoisotopic (exact) mass is 197 g/mol. The number of rotatable bonds is 3. The molecule has 1 fully saturated rings. The highest BCUT2D eigenvalue weighted by Gasteiger charge is 2.35. The summed E-state index contributed by atoms with van der Waals surface area (Å²) in [5.41, 5.74) is 5.11. The molecule has 0 bridgehead atoms. The zero-order valence-corrected chi connectivity index (χ0v) is 8.08. The Balaban J connectivity index is 2.38. The van der Waals surface area contributed by atoms with Crippen molar-refractivity contribution in [3.8, 4) is 6.07 Å². The van der Waals surface area contributed by atoms with Crippen LogP contribution in [-0.4, -0.2) is 31.2 Å². The highest BCUT2D eigenvalue weighted by Crippen LogP contribution is 2.17. The predicted octanol–water partition coefficient (Wildman–Crippen LogP) is -0.476. The van der Waals surface area contributed by atoms with E-state index in [4.69, 9.17) is 15.7 Å². The van der Waals surface area contributed by atoms with Crippen LogP contribution in [0.5, 0.6) is 0 Å². The summed E-state index contributed by atoms with van der Waals surface area (Å²) in [4.78, 5) is 11.6. The Morgan fingerprint density at radius 3 is 2.79 bits per heavy atom. The number of carbonyl (C=O) groups excluding carboxylic acids is 1. The average molecular weight is 197 g/mol. The molecule has 0 atom stereocenters. The maximum atomic E-state index is 11.6. The first-order chi connectivity index (χ1) is 6.69. The number of nitrogens with zero attached hydrogens (tertiary/aromatic N) is 1. The number of amides is 1. The summed E-state index contributed by atoms with van der Waals surface area (Å²) in [5, 5.41) is 11.0. The van der Waals surface area contributed by atoms with Gasteiger partial charge in [0, 0.05) is 19.8 Å². The van der Waals surface area contributed by atoms with Crippen LogP contribution in [0.4, 0.5) is 0 Å². The van der Waals surface area contributed by atoms with Gasteiger partial charge < -0.3 is 15.8 Å². The minimum Gasteiger partial charge on any atom is -0.381 e. The predicted molar refractivity (Wildman–Crippen MR) is 50.2 cm³/mol. The molecule has 14 heavy (non-hydrogen) atoms. The summed E-state index contributed by atoms with van der Waals surface area (Å²) in [6.45, 7) is 1.43. The number of hydrogen-bond donors (Lipinski definition) is 2. The van der Waals surface area contributed by atoms with E-state index in [2.05, 4.69) is 5.32 Å². The lowest BCUT2D eigenvalue weighted by Gasteiger charge is -2.31. The van der Waals surface area contributed by atoms with E-state index in [0.29, 0.717) is 39.0 Å². The van der Waals surface area contributed by atoms with Gasteiger partial charge in [0.1, 0.15) is 0 Å². The number of nitriles is 1. The van der Waals surface area contributed by atoms with Crippen molar-refractivity contribution in [2.75, 3.05) is 19.8 Å². The second-order valence-corrected chi connectivity index (χ2v) is 3.43. The van der Waals surface area contributed by atoms with Gasteiger partial charge in [-0.15, -0.1) is 0 Å². The van der Waals surface area contributed by atoms with Crippen LogP contribution in [-0.2, 0) is 9.53 Å². The Hall–Kier alpha value is -1.12. The molecule has 78 valence electrons. The van der Waals surface area contributed by atoms with Gasteiger partial charge in [0.05, 0.1) is 18.0 Å². The summed E-state index contributed by atoms with van der Waals surface area (Å²) in [6.07, 6.45) is 1.41. The van der Waals surface area contributed by atoms with Crippen molar-refractivity contribution in [2.24, 2.45) is 5.73 Å². The number of ether oxygens (including phenoxy) is 1. The summed E-state index contributed by atoms with van der Waals surface area (Å²) < 4.78 is 5.13. The highest BCUT2D eigenvalue weighted by molar-refractivity contribution is 5.86. The van der Waals surface area contributed by atoms with Crippen molar-refractivity contribution in [1.29, 1.82) is 5.26 Å². The van der Waals surface area contributed by atoms with Gasteiger partial charge in [-0.3, -0.25) is 4.79 Å². The van der Waals surface area contributed by atoms with Gasteiger partial charge in [-0.2, -0.15) is 5.26 Å². The fraction of sp³-hybridized carbons (Fsp3) is 0.778. The maximum Gasteiger partial charge on any atom is 0.240 e. The molecule has 0 aromatic rings. The van der Waals surface area contributed by atoms with Crippen LogP contribution in [0.25, 0.3) is 0 Å². The fourth-order valence-corrected chi connectivity index (χ4v) is 1.37.